The third kappa shape index (κ3) is 2.20. The minimum atomic E-state index is 0.180. The smallest absolute Gasteiger partial charge is 0.167 e. The first-order valence-electron chi connectivity index (χ1n) is 6.88. The van der Waals surface area contributed by atoms with E-state index in [1.54, 1.807) is 7.11 Å². The second-order valence-corrected chi connectivity index (χ2v) is 5.11. The summed E-state index contributed by atoms with van der Waals surface area (Å²) in [6.45, 7) is 2.10. The molecule has 0 fully saturated rings. The fraction of sp³-hybridized carbons (Fsp3) is 0.294. The van der Waals surface area contributed by atoms with Crippen LogP contribution in [0.3, 0.4) is 0 Å². The van der Waals surface area contributed by atoms with Crippen LogP contribution in [0.1, 0.15) is 30.9 Å². The van der Waals surface area contributed by atoms with Crippen molar-refractivity contribution in [1.82, 2.24) is 0 Å². The SMILES string of the molecule is CCC1=NC=C(/C=C2\C(=O)Cc3ccc(OC)cc32)C1. The average Bonchev–Trinajstić information content (AvgIpc) is 3.04. The Morgan fingerprint density at radius 1 is 1.35 bits per heavy atom. The fourth-order valence-electron chi connectivity index (χ4n) is 2.66. The number of fused-ring (bicyclic) bond motifs is 1. The highest BCUT2D eigenvalue weighted by Gasteiger charge is 2.25. The van der Waals surface area contributed by atoms with E-state index in [1.807, 2.05) is 30.5 Å². The Balaban J connectivity index is 1.94. The van der Waals surface area contributed by atoms with Crippen LogP contribution >= 0.6 is 0 Å². The Bertz CT molecular complexity index is 666. The van der Waals surface area contributed by atoms with Gasteiger partial charge in [0.15, 0.2) is 5.78 Å². The maximum atomic E-state index is 12.2. The number of aliphatic imine (C=N–C) groups is 1. The van der Waals surface area contributed by atoms with Crippen LogP contribution in [0, 0.1) is 0 Å². The van der Waals surface area contributed by atoms with E-state index in [0.717, 1.165) is 40.9 Å². The molecule has 0 unspecified atom stereocenters. The zero-order valence-electron chi connectivity index (χ0n) is 11.8. The number of hydrogen-bond acceptors (Lipinski definition) is 3. The number of rotatable bonds is 3. The van der Waals surface area contributed by atoms with Gasteiger partial charge in [-0.2, -0.15) is 0 Å². The summed E-state index contributed by atoms with van der Waals surface area (Å²) < 4.78 is 5.25. The number of Topliss-reactive ketones (excluding diaryl/α,β-unsaturated/α-hetero) is 1. The molecule has 1 aliphatic heterocycles. The molecule has 1 aromatic carbocycles. The lowest BCUT2D eigenvalue weighted by molar-refractivity contribution is -0.112. The first kappa shape index (κ1) is 12.9. The van der Waals surface area contributed by atoms with Crippen LogP contribution in [0.4, 0.5) is 0 Å². The van der Waals surface area contributed by atoms with Crippen LogP contribution in [-0.2, 0) is 11.2 Å². The van der Waals surface area contributed by atoms with Crippen LogP contribution in [0.5, 0.6) is 5.75 Å². The Kier molecular flexibility index (Phi) is 3.26. The van der Waals surface area contributed by atoms with E-state index >= 15 is 0 Å². The van der Waals surface area contributed by atoms with Gasteiger partial charge in [0.25, 0.3) is 0 Å². The van der Waals surface area contributed by atoms with Crippen molar-refractivity contribution in [3.8, 4) is 5.75 Å². The lowest BCUT2D eigenvalue weighted by Gasteiger charge is -2.04. The maximum Gasteiger partial charge on any atom is 0.167 e. The molecule has 1 heterocycles. The maximum absolute atomic E-state index is 12.2. The number of carbonyl (C=O) groups excluding carboxylic acids is 1. The Labute approximate surface area is 118 Å². The largest absolute Gasteiger partial charge is 0.497 e. The molecule has 20 heavy (non-hydrogen) atoms. The summed E-state index contributed by atoms with van der Waals surface area (Å²) in [6, 6.07) is 5.83. The molecular formula is C17H17NO2. The van der Waals surface area contributed by atoms with E-state index in [-0.39, 0.29) is 5.78 Å². The van der Waals surface area contributed by atoms with Crippen LogP contribution in [0.25, 0.3) is 5.57 Å². The summed E-state index contributed by atoms with van der Waals surface area (Å²) in [4.78, 5) is 16.6. The molecule has 3 nitrogen and oxygen atoms in total. The minimum absolute atomic E-state index is 0.180. The van der Waals surface area contributed by atoms with Gasteiger partial charge in [0.1, 0.15) is 5.75 Å². The lowest BCUT2D eigenvalue weighted by atomic mass is 10.0. The topological polar surface area (TPSA) is 38.7 Å². The summed E-state index contributed by atoms with van der Waals surface area (Å²) >= 11 is 0. The van der Waals surface area contributed by atoms with Crippen molar-refractivity contribution < 1.29 is 9.53 Å². The van der Waals surface area contributed by atoms with Crippen molar-refractivity contribution in [2.24, 2.45) is 4.99 Å². The van der Waals surface area contributed by atoms with Gasteiger partial charge in [-0.15, -0.1) is 0 Å². The third-order valence-corrected chi connectivity index (χ3v) is 3.82. The number of hydrogen-bond donors (Lipinski definition) is 0. The Morgan fingerprint density at radius 3 is 2.90 bits per heavy atom. The van der Waals surface area contributed by atoms with E-state index in [2.05, 4.69) is 11.9 Å². The van der Waals surface area contributed by atoms with Gasteiger partial charge in [-0.25, -0.2) is 0 Å². The molecule has 1 aliphatic carbocycles. The highest BCUT2D eigenvalue weighted by atomic mass is 16.5. The van der Waals surface area contributed by atoms with Crippen molar-refractivity contribution >= 4 is 17.1 Å². The molecule has 0 N–H and O–H groups in total. The van der Waals surface area contributed by atoms with E-state index < -0.39 is 0 Å². The second-order valence-electron chi connectivity index (χ2n) is 5.11. The number of ether oxygens (including phenoxy) is 1. The minimum Gasteiger partial charge on any atom is -0.497 e. The number of allylic oxidation sites excluding steroid dienone is 3. The van der Waals surface area contributed by atoms with Gasteiger partial charge < -0.3 is 4.74 Å². The summed E-state index contributed by atoms with van der Waals surface area (Å²) in [6.07, 6.45) is 6.16. The average molecular weight is 267 g/mol. The molecule has 0 atom stereocenters. The van der Waals surface area contributed by atoms with E-state index in [1.165, 1.54) is 5.71 Å². The quantitative estimate of drug-likeness (QED) is 0.788. The summed E-state index contributed by atoms with van der Waals surface area (Å²) in [5, 5.41) is 0. The zero-order valence-corrected chi connectivity index (χ0v) is 11.8. The molecule has 102 valence electrons. The van der Waals surface area contributed by atoms with Crippen molar-refractivity contribution in [3.05, 3.63) is 47.2 Å². The molecule has 2 aliphatic rings. The molecule has 3 rings (SSSR count). The van der Waals surface area contributed by atoms with Crippen LogP contribution < -0.4 is 4.74 Å². The molecule has 0 radical (unpaired) electrons. The second kappa shape index (κ2) is 5.08. The lowest BCUT2D eigenvalue weighted by Crippen LogP contribution is -1.96. The van der Waals surface area contributed by atoms with Crippen LogP contribution in [-0.4, -0.2) is 18.6 Å². The molecule has 0 amide bonds. The van der Waals surface area contributed by atoms with Gasteiger partial charge in [-0.05, 0) is 41.3 Å². The predicted molar refractivity (Wildman–Crippen MR) is 80.1 cm³/mol. The summed E-state index contributed by atoms with van der Waals surface area (Å²) in [5.41, 5.74) is 5.16. The molecule has 3 heteroatoms. The molecule has 0 saturated carbocycles. The molecular weight excluding hydrogens is 250 g/mol. The molecule has 0 aromatic heterocycles. The van der Waals surface area contributed by atoms with E-state index in [4.69, 9.17) is 4.74 Å². The molecule has 0 bridgehead atoms. The van der Waals surface area contributed by atoms with Gasteiger partial charge in [0, 0.05) is 30.3 Å². The number of ketones is 1. The van der Waals surface area contributed by atoms with Crippen molar-refractivity contribution in [2.75, 3.05) is 7.11 Å². The van der Waals surface area contributed by atoms with Gasteiger partial charge in [-0.1, -0.05) is 13.0 Å². The summed E-state index contributed by atoms with van der Waals surface area (Å²) in [5.74, 6) is 0.967. The van der Waals surface area contributed by atoms with Crippen molar-refractivity contribution in [3.63, 3.8) is 0 Å². The first-order chi connectivity index (χ1) is 9.71. The van der Waals surface area contributed by atoms with Crippen LogP contribution in [0.15, 0.2) is 41.0 Å². The standard InChI is InChI=1S/C17H17NO2/c1-3-13-6-11(10-18-13)7-16-15-9-14(20-2)5-4-12(15)8-17(16)19/h4-5,7,9-10H,3,6,8H2,1-2H3/b16-7-. The summed E-state index contributed by atoms with van der Waals surface area (Å²) in [7, 11) is 1.64. The van der Waals surface area contributed by atoms with Gasteiger partial charge in [-0.3, -0.25) is 9.79 Å². The highest BCUT2D eigenvalue weighted by Crippen LogP contribution is 2.34. The number of carbonyl (C=O) groups is 1. The van der Waals surface area contributed by atoms with Gasteiger partial charge >= 0.3 is 0 Å². The monoisotopic (exact) mass is 267 g/mol. The van der Waals surface area contributed by atoms with E-state index in [9.17, 15) is 4.79 Å². The Morgan fingerprint density at radius 2 is 2.20 bits per heavy atom. The molecule has 1 aromatic rings. The number of nitrogens with zero attached hydrogens (tertiary/aromatic N) is 1. The van der Waals surface area contributed by atoms with Crippen molar-refractivity contribution in [2.45, 2.75) is 26.2 Å². The van der Waals surface area contributed by atoms with Gasteiger partial charge in [0.2, 0.25) is 0 Å². The van der Waals surface area contributed by atoms with Gasteiger partial charge in [0.05, 0.1) is 7.11 Å². The molecule has 0 saturated heterocycles. The third-order valence-electron chi connectivity index (χ3n) is 3.82. The normalized spacial score (nSPS) is 19.1. The van der Waals surface area contributed by atoms with E-state index in [0.29, 0.717) is 6.42 Å². The predicted octanol–water partition coefficient (Wildman–Crippen LogP) is 3.34. The first-order valence-corrected chi connectivity index (χ1v) is 6.88. The molecule has 0 spiro atoms. The van der Waals surface area contributed by atoms with Crippen molar-refractivity contribution in [1.29, 1.82) is 0 Å². The zero-order chi connectivity index (χ0) is 14.1. The number of benzene rings is 1. The van der Waals surface area contributed by atoms with Crippen LogP contribution in [0.2, 0.25) is 0 Å². The highest BCUT2D eigenvalue weighted by molar-refractivity contribution is 6.26. The number of methoxy groups -OCH3 is 1. The fourth-order valence-corrected chi connectivity index (χ4v) is 2.66. The Hall–Kier alpha value is -2.16.